The average Bonchev–Trinajstić information content (AvgIpc) is 2.15. The Morgan fingerprint density at radius 1 is 1.25 bits per heavy atom. The molecule has 16 heavy (non-hydrogen) atoms. The van der Waals surface area contributed by atoms with Crippen molar-refractivity contribution in [3.63, 3.8) is 0 Å². The van der Waals surface area contributed by atoms with Crippen LogP contribution in [-0.4, -0.2) is 37.6 Å². The van der Waals surface area contributed by atoms with Gasteiger partial charge in [-0.05, 0) is 44.7 Å². The summed E-state index contributed by atoms with van der Waals surface area (Å²) in [5.74, 6) is 0. The fourth-order valence-electron chi connectivity index (χ4n) is 2.48. The van der Waals surface area contributed by atoms with Crippen LogP contribution in [-0.2, 0) is 0 Å². The molecule has 1 aromatic carbocycles. The lowest BCUT2D eigenvalue weighted by Gasteiger charge is -2.40. The number of rotatable bonds is 1. The number of nitrogen functional groups attached to an aromatic ring is 1. The first kappa shape index (κ1) is 11.3. The predicted molar refractivity (Wildman–Crippen MR) is 69.9 cm³/mol. The largest absolute Gasteiger partial charge is 0.399 e. The number of hydrogen-bond donors (Lipinski definition) is 1. The number of piperazine rings is 1. The van der Waals surface area contributed by atoms with Gasteiger partial charge in [-0.15, -0.1) is 0 Å². The van der Waals surface area contributed by atoms with Gasteiger partial charge in [0.05, 0.1) is 0 Å². The molecule has 0 aromatic heterocycles. The molecular formula is C13H21N3. The van der Waals surface area contributed by atoms with E-state index in [1.165, 1.54) is 11.3 Å². The summed E-state index contributed by atoms with van der Waals surface area (Å²) in [7, 11) is 2.18. The Morgan fingerprint density at radius 3 is 2.62 bits per heavy atom. The number of hydrogen-bond acceptors (Lipinski definition) is 3. The number of nitrogens with two attached hydrogens (primary N) is 1. The lowest BCUT2D eigenvalue weighted by atomic mass is 10.1. The van der Waals surface area contributed by atoms with E-state index in [0.717, 1.165) is 25.3 Å². The Hall–Kier alpha value is -1.22. The van der Waals surface area contributed by atoms with Crippen LogP contribution >= 0.6 is 0 Å². The van der Waals surface area contributed by atoms with Crippen LogP contribution in [0.1, 0.15) is 12.5 Å². The summed E-state index contributed by atoms with van der Waals surface area (Å²) in [4.78, 5) is 4.82. The van der Waals surface area contributed by atoms with E-state index in [0.29, 0.717) is 6.04 Å². The molecule has 1 atom stereocenters. The maximum atomic E-state index is 5.90. The topological polar surface area (TPSA) is 32.5 Å². The van der Waals surface area contributed by atoms with Crippen molar-refractivity contribution in [2.24, 2.45) is 0 Å². The third kappa shape index (κ3) is 2.30. The quantitative estimate of drug-likeness (QED) is 0.730. The monoisotopic (exact) mass is 219 g/mol. The van der Waals surface area contributed by atoms with Crippen LogP contribution in [0.4, 0.5) is 11.4 Å². The maximum absolute atomic E-state index is 5.90. The van der Waals surface area contributed by atoms with Crippen molar-refractivity contribution in [2.45, 2.75) is 19.9 Å². The average molecular weight is 219 g/mol. The van der Waals surface area contributed by atoms with E-state index in [9.17, 15) is 0 Å². The number of nitrogens with zero attached hydrogens (tertiary/aromatic N) is 2. The van der Waals surface area contributed by atoms with E-state index in [-0.39, 0.29) is 0 Å². The van der Waals surface area contributed by atoms with Crippen LogP contribution in [0.15, 0.2) is 18.2 Å². The van der Waals surface area contributed by atoms with Gasteiger partial charge >= 0.3 is 0 Å². The molecule has 1 fully saturated rings. The second-order valence-corrected chi connectivity index (χ2v) is 4.91. The standard InChI is InChI=1S/C13H21N3/c1-10-6-12(14)8-13(7-10)16-5-4-15(3)9-11(16)2/h6-8,11H,4-5,9,14H2,1-3H3. The van der Waals surface area contributed by atoms with Crippen LogP contribution < -0.4 is 10.6 Å². The van der Waals surface area contributed by atoms with Crippen LogP contribution in [0, 0.1) is 6.92 Å². The third-order valence-corrected chi connectivity index (χ3v) is 3.25. The zero-order valence-electron chi connectivity index (χ0n) is 10.4. The number of aryl methyl sites for hydroxylation is 1. The molecule has 3 nitrogen and oxygen atoms in total. The van der Waals surface area contributed by atoms with Crippen molar-refractivity contribution >= 4 is 11.4 Å². The fourth-order valence-corrected chi connectivity index (χ4v) is 2.48. The van der Waals surface area contributed by atoms with Gasteiger partial charge in [-0.25, -0.2) is 0 Å². The third-order valence-electron chi connectivity index (χ3n) is 3.25. The second kappa shape index (κ2) is 4.34. The zero-order chi connectivity index (χ0) is 11.7. The van der Waals surface area contributed by atoms with Crippen LogP contribution in [0.5, 0.6) is 0 Å². The SMILES string of the molecule is Cc1cc(N)cc(N2CCN(C)CC2C)c1. The Kier molecular flexibility index (Phi) is 3.06. The molecule has 0 saturated carbocycles. The van der Waals surface area contributed by atoms with Crippen LogP contribution in [0.25, 0.3) is 0 Å². The first-order valence-electron chi connectivity index (χ1n) is 5.88. The predicted octanol–water partition coefficient (Wildman–Crippen LogP) is 1.72. The van der Waals surface area contributed by atoms with Crippen molar-refractivity contribution in [3.05, 3.63) is 23.8 Å². The van der Waals surface area contributed by atoms with Gasteiger partial charge in [-0.1, -0.05) is 0 Å². The van der Waals surface area contributed by atoms with E-state index in [1.54, 1.807) is 0 Å². The second-order valence-electron chi connectivity index (χ2n) is 4.91. The first-order valence-corrected chi connectivity index (χ1v) is 5.88. The zero-order valence-corrected chi connectivity index (χ0v) is 10.4. The summed E-state index contributed by atoms with van der Waals surface area (Å²) in [6, 6.07) is 6.87. The molecule has 1 saturated heterocycles. The number of likely N-dealkylation sites (N-methyl/N-ethyl adjacent to an activating group) is 1. The summed E-state index contributed by atoms with van der Waals surface area (Å²) >= 11 is 0. The van der Waals surface area contributed by atoms with Crippen molar-refractivity contribution in [1.82, 2.24) is 4.90 Å². The molecule has 0 amide bonds. The molecule has 2 rings (SSSR count). The molecule has 0 radical (unpaired) electrons. The molecule has 1 aliphatic rings. The van der Waals surface area contributed by atoms with Gasteiger partial charge in [-0.3, -0.25) is 0 Å². The van der Waals surface area contributed by atoms with Crippen molar-refractivity contribution in [3.8, 4) is 0 Å². The maximum Gasteiger partial charge on any atom is 0.0392 e. The molecular weight excluding hydrogens is 198 g/mol. The first-order chi connectivity index (χ1) is 7.56. The molecule has 1 unspecified atom stereocenters. The molecule has 1 aromatic rings. The highest BCUT2D eigenvalue weighted by Gasteiger charge is 2.21. The van der Waals surface area contributed by atoms with Gasteiger partial charge in [0, 0.05) is 37.1 Å². The van der Waals surface area contributed by atoms with Crippen LogP contribution in [0.3, 0.4) is 0 Å². The van der Waals surface area contributed by atoms with Gasteiger partial charge in [0.1, 0.15) is 0 Å². The van der Waals surface area contributed by atoms with E-state index in [2.05, 4.69) is 42.8 Å². The highest BCUT2D eigenvalue weighted by atomic mass is 15.3. The van der Waals surface area contributed by atoms with Crippen molar-refractivity contribution in [2.75, 3.05) is 37.3 Å². The lowest BCUT2D eigenvalue weighted by Crippen LogP contribution is -2.50. The minimum absolute atomic E-state index is 0.556. The van der Waals surface area contributed by atoms with Crippen LogP contribution in [0.2, 0.25) is 0 Å². The minimum Gasteiger partial charge on any atom is -0.399 e. The highest BCUT2D eigenvalue weighted by Crippen LogP contribution is 2.24. The van der Waals surface area contributed by atoms with Gasteiger partial charge in [0.15, 0.2) is 0 Å². The molecule has 2 N–H and O–H groups in total. The molecule has 0 bridgehead atoms. The number of benzene rings is 1. The van der Waals surface area contributed by atoms with E-state index >= 15 is 0 Å². The highest BCUT2D eigenvalue weighted by molar-refractivity contribution is 5.59. The summed E-state index contributed by atoms with van der Waals surface area (Å²) < 4.78 is 0. The smallest absolute Gasteiger partial charge is 0.0392 e. The number of anilines is 2. The fraction of sp³-hybridized carbons (Fsp3) is 0.538. The summed E-state index contributed by atoms with van der Waals surface area (Å²) in [6.45, 7) is 7.70. The molecule has 0 aliphatic carbocycles. The normalized spacial score (nSPS) is 22.4. The molecule has 1 heterocycles. The molecule has 88 valence electrons. The molecule has 3 heteroatoms. The van der Waals surface area contributed by atoms with Crippen molar-refractivity contribution < 1.29 is 0 Å². The van der Waals surface area contributed by atoms with Gasteiger partial charge in [0.25, 0.3) is 0 Å². The van der Waals surface area contributed by atoms with Gasteiger partial charge in [0.2, 0.25) is 0 Å². The summed E-state index contributed by atoms with van der Waals surface area (Å²) in [5.41, 5.74) is 9.26. The lowest BCUT2D eigenvalue weighted by molar-refractivity contribution is 0.275. The Morgan fingerprint density at radius 2 is 2.00 bits per heavy atom. The summed E-state index contributed by atoms with van der Waals surface area (Å²) in [6.07, 6.45) is 0. The van der Waals surface area contributed by atoms with Gasteiger partial charge in [-0.2, -0.15) is 0 Å². The van der Waals surface area contributed by atoms with E-state index in [4.69, 9.17) is 5.73 Å². The van der Waals surface area contributed by atoms with Gasteiger partial charge < -0.3 is 15.5 Å². The minimum atomic E-state index is 0.556. The Labute approximate surface area is 97.8 Å². The molecule has 0 spiro atoms. The van der Waals surface area contributed by atoms with E-state index in [1.807, 2.05) is 6.07 Å². The summed E-state index contributed by atoms with van der Waals surface area (Å²) in [5, 5.41) is 0. The Bertz CT molecular complexity index is 355. The molecule has 1 aliphatic heterocycles. The van der Waals surface area contributed by atoms with E-state index < -0.39 is 0 Å². The Balaban J connectivity index is 2.23. The van der Waals surface area contributed by atoms with Crippen molar-refractivity contribution in [1.29, 1.82) is 0 Å².